The average Bonchev–Trinajstić information content (AvgIpc) is 3.29. The number of carbonyl (C=O) groups excluding carboxylic acids is 1. The number of ether oxygens (including phenoxy) is 2. The molecular weight excluding hydrogens is 342 g/mol. The van der Waals surface area contributed by atoms with Crippen molar-refractivity contribution in [3.8, 4) is 23.0 Å². The molecule has 0 aliphatic heterocycles. The number of aliphatic hydroxyl groups excluding tert-OH is 1. The largest absolute Gasteiger partial charge is 0.497 e. The van der Waals surface area contributed by atoms with E-state index in [1.807, 2.05) is 24.3 Å². The van der Waals surface area contributed by atoms with E-state index in [0.717, 1.165) is 11.3 Å². The lowest BCUT2D eigenvalue weighted by Gasteiger charge is -2.03. The zero-order chi connectivity index (χ0) is 18.5. The topological polar surface area (TPSA) is 143 Å². The van der Waals surface area contributed by atoms with Crippen LogP contribution in [0.4, 0.5) is 0 Å². The molecule has 11 nitrogen and oxygen atoms in total. The van der Waals surface area contributed by atoms with E-state index in [9.17, 15) is 4.79 Å². The third kappa shape index (κ3) is 3.68. The Morgan fingerprint density at radius 3 is 2.73 bits per heavy atom. The number of carbonyl (C=O) groups is 1. The van der Waals surface area contributed by atoms with Crippen LogP contribution in [0.25, 0.3) is 17.2 Å². The first-order valence-corrected chi connectivity index (χ1v) is 7.62. The molecule has 0 unspecified atom stereocenters. The SMILES string of the molecule is COc1ccc(-c2cn(-c3nc(C(N)=O)n(COCCO)n3)nn2)cc1. The van der Waals surface area contributed by atoms with E-state index in [1.165, 1.54) is 9.36 Å². The van der Waals surface area contributed by atoms with Gasteiger partial charge in [-0.25, -0.2) is 4.68 Å². The van der Waals surface area contributed by atoms with Gasteiger partial charge in [0.2, 0.25) is 5.82 Å². The van der Waals surface area contributed by atoms with Crippen LogP contribution in [0.3, 0.4) is 0 Å². The molecule has 3 N–H and O–H groups in total. The first-order valence-electron chi connectivity index (χ1n) is 7.62. The van der Waals surface area contributed by atoms with Gasteiger partial charge in [-0.05, 0) is 24.3 Å². The van der Waals surface area contributed by atoms with Crippen molar-refractivity contribution in [3.63, 3.8) is 0 Å². The Hall–Kier alpha value is -3.31. The molecule has 0 fully saturated rings. The summed E-state index contributed by atoms with van der Waals surface area (Å²) in [5.74, 6) is 0.0143. The Morgan fingerprint density at radius 1 is 1.31 bits per heavy atom. The maximum atomic E-state index is 11.5. The summed E-state index contributed by atoms with van der Waals surface area (Å²) in [7, 11) is 1.59. The average molecular weight is 359 g/mol. The number of hydrogen-bond donors (Lipinski definition) is 2. The molecule has 0 saturated carbocycles. The van der Waals surface area contributed by atoms with Crippen LogP contribution in [0.15, 0.2) is 30.5 Å². The molecule has 26 heavy (non-hydrogen) atoms. The predicted molar refractivity (Wildman–Crippen MR) is 88.5 cm³/mol. The van der Waals surface area contributed by atoms with E-state index >= 15 is 0 Å². The zero-order valence-electron chi connectivity index (χ0n) is 13.9. The molecule has 3 aromatic rings. The summed E-state index contributed by atoms with van der Waals surface area (Å²) in [6.45, 7) is -0.133. The number of methoxy groups -OCH3 is 1. The lowest BCUT2D eigenvalue weighted by molar-refractivity contribution is 0.0398. The van der Waals surface area contributed by atoms with Crippen molar-refractivity contribution in [2.75, 3.05) is 20.3 Å². The second-order valence-corrected chi connectivity index (χ2v) is 5.14. The first-order chi connectivity index (χ1) is 12.6. The quantitative estimate of drug-likeness (QED) is 0.517. The highest BCUT2D eigenvalue weighted by molar-refractivity contribution is 5.89. The van der Waals surface area contributed by atoms with Gasteiger partial charge in [0.05, 0.1) is 26.5 Å². The highest BCUT2D eigenvalue weighted by Crippen LogP contribution is 2.20. The van der Waals surface area contributed by atoms with Crippen LogP contribution in [0.5, 0.6) is 5.75 Å². The maximum absolute atomic E-state index is 11.5. The van der Waals surface area contributed by atoms with Gasteiger partial charge in [0, 0.05) is 5.56 Å². The van der Waals surface area contributed by atoms with Gasteiger partial charge >= 0.3 is 0 Å². The van der Waals surface area contributed by atoms with Gasteiger partial charge in [-0.1, -0.05) is 5.21 Å². The van der Waals surface area contributed by atoms with Gasteiger partial charge in [-0.3, -0.25) is 4.79 Å². The lowest BCUT2D eigenvalue weighted by Crippen LogP contribution is -2.20. The van der Waals surface area contributed by atoms with Crippen molar-refractivity contribution >= 4 is 5.91 Å². The summed E-state index contributed by atoms with van der Waals surface area (Å²) in [6, 6.07) is 7.31. The number of amides is 1. The molecule has 0 radical (unpaired) electrons. The summed E-state index contributed by atoms with van der Waals surface area (Å²) in [5.41, 5.74) is 6.74. The highest BCUT2D eigenvalue weighted by Gasteiger charge is 2.17. The van der Waals surface area contributed by atoms with Crippen LogP contribution in [-0.4, -0.2) is 61.1 Å². The molecule has 2 heterocycles. The fraction of sp³-hybridized carbons (Fsp3) is 0.267. The molecule has 0 spiro atoms. The van der Waals surface area contributed by atoms with E-state index < -0.39 is 5.91 Å². The van der Waals surface area contributed by atoms with Crippen LogP contribution >= 0.6 is 0 Å². The lowest BCUT2D eigenvalue weighted by atomic mass is 10.2. The molecule has 0 saturated heterocycles. The Labute approximate surface area is 148 Å². The molecule has 2 aromatic heterocycles. The minimum absolute atomic E-state index is 0.0775. The third-order valence-electron chi connectivity index (χ3n) is 3.41. The van der Waals surface area contributed by atoms with Crippen molar-refractivity contribution in [2.45, 2.75) is 6.73 Å². The number of nitrogens with two attached hydrogens (primary N) is 1. The Morgan fingerprint density at radius 2 is 2.08 bits per heavy atom. The van der Waals surface area contributed by atoms with Gasteiger partial charge in [-0.15, -0.1) is 10.2 Å². The van der Waals surface area contributed by atoms with Gasteiger partial charge in [-0.2, -0.15) is 9.67 Å². The highest BCUT2D eigenvalue weighted by atomic mass is 16.5. The smallest absolute Gasteiger partial charge is 0.286 e. The second kappa shape index (κ2) is 7.72. The summed E-state index contributed by atoms with van der Waals surface area (Å²) in [4.78, 5) is 15.6. The van der Waals surface area contributed by atoms with Crippen LogP contribution in [0, 0.1) is 0 Å². The van der Waals surface area contributed by atoms with E-state index in [1.54, 1.807) is 13.3 Å². The predicted octanol–water partition coefficient (Wildman–Crippen LogP) is -0.400. The van der Waals surface area contributed by atoms with Crippen molar-refractivity contribution in [1.82, 2.24) is 29.8 Å². The maximum Gasteiger partial charge on any atom is 0.286 e. The van der Waals surface area contributed by atoms with E-state index in [0.29, 0.717) is 5.69 Å². The molecule has 3 rings (SSSR count). The Bertz CT molecular complexity index is 888. The fourth-order valence-corrected chi connectivity index (χ4v) is 2.17. The molecule has 0 atom stereocenters. The standard InChI is InChI=1S/C15H17N7O4/c1-25-11-4-2-10(3-5-11)12-8-21(20-18-12)15-17-14(13(16)24)22(19-15)9-26-7-6-23/h2-5,8,23H,6-7,9H2,1H3,(H2,16,24). The number of primary amides is 1. The molecule has 136 valence electrons. The zero-order valence-corrected chi connectivity index (χ0v) is 13.9. The number of hydrogen-bond acceptors (Lipinski definition) is 8. The van der Waals surface area contributed by atoms with Gasteiger partial charge in [0.1, 0.15) is 18.2 Å². The minimum Gasteiger partial charge on any atom is -0.497 e. The van der Waals surface area contributed by atoms with E-state index in [4.69, 9.17) is 20.3 Å². The Balaban J connectivity index is 1.85. The second-order valence-electron chi connectivity index (χ2n) is 5.14. The van der Waals surface area contributed by atoms with E-state index in [2.05, 4.69) is 20.4 Å². The molecule has 0 aliphatic carbocycles. The number of nitrogens with zero attached hydrogens (tertiary/aromatic N) is 6. The van der Waals surface area contributed by atoms with Gasteiger partial charge < -0.3 is 20.3 Å². The van der Waals surface area contributed by atoms with Crippen LogP contribution in [0.1, 0.15) is 10.6 Å². The molecular formula is C15H17N7O4. The minimum atomic E-state index is -0.758. The van der Waals surface area contributed by atoms with Crippen LogP contribution < -0.4 is 10.5 Å². The van der Waals surface area contributed by atoms with Crippen molar-refractivity contribution < 1.29 is 19.4 Å². The number of rotatable bonds is 8. The summed E-state index contributed by atoms with van der Waals surface area (Å²) < 4.78 is 12.8. The summed E-state index contributed by atoms with van der Waals surface area (Å²) >= 11 is 0. The van der Waals surface area contributed by atoms with Gasteiger partial charge in [0.25, 0.3) is 11.9 Å². The normalized spacial score (nSPS) is 10.8. The molecule has 1 amide bonds. The molecule has 0 bridgehead atoms. The first kappa shape index (κ1) is 17.5. The van der Waals surface area contributed by atoms with Crippen molar-refractivity contribution in [2.24, 2.45) is 5.73 Å². The fourth-order valence-electron chi connectivity index (χ4n) is 2.17. The van der Waals surface area contributed by atoms with E-state index in [-0.39, 0.29) is 31.7 Å². The van der Waals surface area contributed by atoms with Gasteiger partial charge in [0.15, 0.2) is 0 Å². The number of benzene rings is 1. The summed E-state index contributed by atoms with van der Waals surface area (Å²) in [6.07, 6.45) is 1.63. The molecule has 1 aromatic carbocycles. The molecule has 0 aliphatic rings. The third-order valence-corrected chi connectivity index (χ3v) is 3.41. The molecule has 11 heteroatoms. The van der Waals surface area contributed by atoms with Crippen molar-refractivity contribution in [3.05, 3.63) is 36.3 Å². The number of aliphatic hydroxyl groups is 1. The van der Waals surface area contributed by atoms with Crippen LogP contribution in [0.2, 0.25) is 0 Å². The van der Waals surface area contributed by atoms with Crippen molar-refractivity contribution in [1.29, 1.82) is 0 Å². The number of aromatic nitrogens is 6. The monoisotopic (exact) mass is 359 g/mol. The summed E-state index contributed by atoms with van der Waals surface area (Å²) in [5, 5.41) is 21.0. The Kier molecular flexibility index (Phi) is 5.20. The van der Waals surface area contributed by atoms with Crippen LogP contribution in [-0.2, 0) is 11.5 Å².